The van der Waals surface area contributed by atoms with Crippen molar-refractivity contribution in [2.45, 2.75) is 0 Å². The number of nitrogens with two attached hydrogens (primary N) is 1. The lowest BCUT2D eigenvalue weighted by Gasteiger charge is -2.09. The van der Waals surface area contributed by atoms with E-state index in [1.54, 1.807) is 6.07 Å². The van der Waals surface area contributed by atoms with E-state index in [0.717, 1.165) is 0 Å². The fraction of sp³-hybridized carbons (Fsp3) is 0.100. The molecule has 0 aliphatic carbocycles. The predicted octanol–water partition coefficient (Wildman–Crippen LogP) is 2.83. The highest BCUT2D eigenvalue weighted by molar-refractivity contribution is 9.10. The third-order valence-corrected chi connectivity index (χ3v) is 2.79. The van der Waals surface area contributed by atoms with Crippen LogP contribution >= 0.6 is 15.9 Å². The Hall–Kier alpha value is -1.56. The van der Waals surface area contributed by atoms with E-state index in [1.165, 1.54) is 19.4 Å². The molecule has 1 aromatic carbocycles. The van der Waals surface area contributed by atoms with Crippen LogP contribution in [-0.2, 0) is 0 Å². The minimum Gasteiger partial charge on any atom is -0.493 e. The molecule has 0 fully saturated rings. The quantitative estimate of drug-likeness (QED) is 0.922. The molecule has 84 valence electrons. The Bertz CT molecular complexity index is 528. The summed E-state index contributed by atoms with van der Waals surface area (Å²) in [6, 6.07) is 2.87. The van der Waals surface area contributed by atoms with Crippen LogP contribution in [0.25, 0.3) is 11.1 Å². The van der Waals surface area contributed by atoms with Crippen LogP contribution in [0.5, 0.6) is 5.75 Å². The van der Waals surface area contributed by atoms with Gasteiger partial charge in [0, 0.05) is 10.0 Å². The molecule has 0 radical (unpaired) electrons. The van der Waals surface area contributed by atoms with E-state index in [2.05, 4.69) is 21.1 Å². The highest BCUT2D eigenvalue weighted by atomic mass is 79.9. The van der Waals surface area contributed by atoms with E-state index in [0.29, 0.717) is 15.6 Å². The van der Waals surface area contributed by atoms with E-state index < -0.39 is 5.82 Å². The summed E-state index contributed by atoms with van der Waals surface area (Å²) in [7, 11) is 1.39. The van der Waals surface area contributed by atoms with Crippen LogP contribution in [0.4, 0.5) is 10.3 Å². The number of nitrogens with zero attached hydrogens (tertiary/aromatic N) is 1. The largest absolute Gasteiger partial charge is 0.493 e. The third kappa shape index (κ3) is 1.65. The summed E-state index contributed by atoms with van der Waals surface area (Å²) in [5, 5.41) is 3.55. The zero-order valence-corrected chi connectivity index (χ0v) is 9.92. The summed E-state index contributed by atoms with van der Waals surface area (Å²) in [4.78, 5) is 0. The van der Waals surface area contributed by atoms with Gasteiger partial charge in [0.1, 0.15) is 0 Å². The van der Waals surface area contributed by atoms with Crippen molar-refractivity contribution >= 4 is 21.8 Å². The monoisotopic (exact) mass is 286 g/mol. The van der Waals surface area contributed by atoms with E-state index in [9.17, 15) is 4.39 Å². The Balaban J connectivity index is 2.73. The average molecular weight is 287 g/mol. The molecular formula is C10H8BrFN2O2. The fourth-order valence-electron chi connectivity index (χ4n) is 1.42. The second-order valence-corrected chi connectivity index (χ2v) is 3.90. The van der Waals surface area contributed by atoms with Crippen LogP contribution < -0.4 is 10.5 Å². The van der Waals surface area contributed by atoms with Gasteiger partial charge in [0.15, 0.2) is 11.6 Å². The van der Waals surface area contributed by atoms with Crippen LogP contribution in [0.3, 0.4) is 0 Å². The second kappa shape index (κ2) is 4.13. The number of rotatable bonds is 2. The molecule has 6 heteroatoms. The average Bonchev–Trinajstić information content (AvgIpc) is 2.67. The number of methoxy groups -OCH3 is 1. The van der Waals surface area contributed by atoms with Crippen molar-refractivity contribution in [3.63, 3.8) is 0 Å². The smallest absolute Gasteiger partial charge is 0.230 e. The molecular weight excluding hydrogens is 279 g/mol. The summed E-state index contributed by atoms with van der Waals surface area (Å²) in [6.07, 6.45) is 1.41. The highest BCUT2D eigenvalue weighted by Crippen LogP contribution is 2.40. The third-order valence-electron chi connectivity index (χ3n) is 2.13. The molecule has 0 aliphatic rings. The summed E-state index contributed by atoms with van der Waals surface area (Å²) in [5.41, 5.74) is 6.56. The number of hydrogen-bond donors (Lipinski definition) is 1. The minimum atomic E-state index is -0.471. The van der Waals surface area contributed by atoms with Gasteiger partial charge in [-0.05, 0) is 12.1 Å². The van der Waals surface area contributed by atoms with E-state index in [4.69, 9.17) is 15.0 Å². The molecule has 0 bridgehead atoms. The number of hydrogen-bond acceptors (Lipinski definition) is 4. The predicted molar refractivity (Wildman–Crippen MR) is 60.6 cm³/mol. The standard InChI is InChI=1S/C10H8BrFN2O2/c1-15-9-7(12)3-2-6(11)8(9)5-4-14-16-10(5)13/h2-4H,13H2,1H3. The van der Waals surface area contributed by atoms with Crippen molar-refractivity contribution in [3.05, 3.63) is 28.6 Å². The second-order valence-electron chi connectivity index (χ2n) is 3.04. The van der Waals surface area contributed by atoms with Gasteiger partial charge < -0.3 is 15.0 Å². The number of nitrogen functional groups attached to an aromatic ring is 1. The van der Waals surface area contributed by atoms with Crippen molar-refractivity contribution in [2.75, 3.05) is 12.8 Å². The van der Waals surface area contributed by atoms with Crippen molar-refractivity contribution in [1.29, 1.82) is 0 Å². The normalized spacial score (nSPS) is 10.4. The SMILES string of the molecule is COc1c(F)ccc(Br)c1-c1cnoc1N. The summed E-state index contributed by atoms with van der Waals surface area (Å²) in [5.74, 6) is -0.254. The minimum absolute atomic E-state index is 0.101. The van der Waals surface area contributed by atoms with E-state index in [1.807, 2.05) is 0 Å². The van der Waals surface area contributed by atoms with Gasteiger partial charge in [-0.15, -0.1) is 0 Å². The van der Waals surface area contributed by atoms with Crippen molar-refractivity contribution in [1.82, 2.24) is 5.16 Å². The van der Waals surface area contributed by atoms with Gasteiger partial charge in [-0.2, -0.15) is 0 Å². The van der Waals surface area contributed by atoms with Crippen LogP contribution in [0, 0.1) is 5.82 Å². The molecule has 2 rings (SSSR count). The molecule has 0 atom stereocenters. The molecule has 0 spiro atoms. The first-order valence-corrected chi connectivity index (χ1v) is 5.17. The molecule has 16 heavy (non-hydrogen) atoms. The maximum atomic E-state index is 13.5. The van der Waals surface area contributed by atoms with E-state index in [-0.39, 0.29) is 11.6 Å². The lowest BCUT2D eigenvalue weighted by molar-refractivity contribution is 0.388. The van der Waals surface area contributed by atoms with Crippen LogP contribution in [0.15, 0.2) is 27.3 Å². The zero-order valence-electron chi connectivity index (χ0n) is 8.33. The molecule has 0 aliphatic heterocycles. The fourth-order valence-corrected chi connectivity index (χ4v) is 1.95. The van der Waals surface area contributed by atoms with Crippen LogP contribution in [0.2, 0.25) is 0 Å². The molecule has 0 saturated heterocycles. The molecule has 1 aromatic heterocycles. The Kier molecular flexibility index (Phi) is 2.82. The lowest BCUT2D eigenvalue weighted by atomic mass is 10.1. The van der Waals surface area contributed by atoms with Gasteiger partial charge in [-0.25, -0.2) is 4.39 Å². The summed E-state index contributed by atoms with van der Waals surface area (Å²) in [6.45, 7) is 0. The lowest BCUT2D eigenvalue weighted by Crippen LogP contribution is -1.94. The Labute approximate surface area is 99.3 Å². The number of halogens is 2. The first-order valence-electron chi connectivity index (χ1n) is 4.37. The topological polar surface area (TPSA) is 61.3 Å². The Morgan fingerprint density at radius 3 is 2.81 bits per heavy atom. The molecule has 2 aromatic rings. The van der Waals surface area contributed by atoms with Gasteiger partial charge in [-0.3, -0.25) is 0 Å². The van der Waals surface area contributed by atoms with Gasteiger partial charge in [0.05, 0.1) is 18.9 Å². The number of aromatic nitrogens is 1. The number of benzene rings is 1. The zero-order chi connectivity index (χ0) is 11.7. The van der Waals surface area contributed by atoms with Crippen molar-refractivity contribution < 1.29 is 13.7 Å². The summed E-state index contributed by atoms with van der Waals surface area (Å²) < 4.78 is 23.9. The van der Waals surface area contributed by atoms with Crippen LogP contribution in [0.1, 0.15) is 0 Å². The van der Waals surface area contributed by atoms with E-state index >= 15 is 0 Å². The van der Waals surface area contributed by atoms with Crippen molar-refractivity contribution in [2.24, 2.45) is 0 Å². The highest BCUT2D eigenvalue weighted by Gasteiger charge is 2.19. The van der Waals surface area contributed by atoms with Crippen LogP contribution in [-0.4, -0.2) is 12.3 Å². The maximum Gasteiger partial charge on any atom is 0.230 e. The van der Waals surface area contributed by atoms with Gasteiger partial charge in [0.25, 0.3) is 0 Å². The number of ether oxygens (including phenoxy) is 1. The van der Waals surface area contributed by atoms with Crippen molar-refractivity contribution in [3.8, 4) is 16.9 Å². The molecule has 2 N–H and O–H groups in total. The Morgan fingerprint density at radius 2 is 2.25 bits per heavy atom. The molecule has 0 unspecified atom stereocenters. The molecule has 0 amide bonds. The van der Waals surface area contributed by atoms with Gasteiger partial charge in [-0.1, -0.05) is 21.1 Å². The van der Waals surface area contributed by atoms with Gasteiger partial charge in [0.2, 0.25) is 5.88 Å². The van der Waals surface area contributed by atoms with Gasteiger partial charge >= 0.3 is 0 Å². The first-order chi connectivity index (χ1) is 7.65. The first kappa shape index (κ1) is 10.9. The molecule has 0 saturated carbocycles. The summed E-state index contributed by atoms with van der Waals surface area (Å²) >= 11 is 3.31. The number of anilines is 1. The molecule has 4 nitrogen and oxygen atoms in total. The maximum absolute atomic E-state index is 13.5. The molecule has 1 heterocycles. The Morgan fingerprint density at radius 1 is 1.50 bits per heavy atom.